The molecule has 3 aromatic rings. The van der Waals surface area contributed by atoms with E-state index in [1.165, 1.54) is 31.3 Å². The number of amides is 2. The molecule has 250 valence electrons. The molecule has 0 spiro atoms. The number of likely N-dealkylation sites (N-methyl/N-ethyl adjacent to an activating group) is 1. The van der Waals surface area contributed by atoms with E-state index in [1.54, 1.807) is 12.1 Å². The zero-order valence-corrected chi connectivity index (χ0v) is 26.7. The van der Waals surface area contributed by atoms with Gasteiger partial charge in [0, 0.05) is 57.6 Å². The summed E-state index contributed by atoms with van der Waals surface area (Å²) in [6.45, 7) is 4.06. The zero-order chi connectivity index (χ0) is 33.3. The van der Waals surface area contributed by atoms with Crippen LogP contribution in [0.3, 0.4) is 0 Å². The summed E-state index contributed by atoms with van der Waals surface area (Å²) >= 11 is 0. The second kappa shape index (κ2) is 13.4. The molecule has 1 saturated carbocycles. The molecule has 47 heavy (non-hydrogen) atoms. The topological polar surface area (TPSA) is 106 Å². The van der Waals surface area contributed by atoms with Crippen LogP contribution in [0.25, 0.3) is 0 Å². The number of hydrogen-bond donors (Lipinski definition) is 2. The number of hydrogen-bond acceptors (Lipinski definition) is 9. The fourth-order valence-electron chi connectivity index (χ4n) is 6.37. The van der Waals surface area contributed by atoms with E-state index >= 15 is 4.39 Å². The Hall–Kier alpha value is -4.43. The van der Waals surface area contributed by atoms with Crippen LogP contribution in [0.15, 0.2) is 42.6 Å². The molecule has 1 aromatic heterocycles. The monoisotopic (exact) mass is 652 g/mol. The summed E-state index contributed by atoms with van der Waals surface area (Å²) in [4.78, 5) is 41.5. The van der Waals surface area contributed by atoms with Crippen molar-refractivity contribution in [2.24, 2.45) is 0 Å². The minimum Gasteiger partial charge on any atom is -0.495 e. The molecule has 1 saturated heterocycles. The molecule has 6 rings (SSSR count). The van der Waals surface area contributed by atoms with Gasteiger partial charge in [0.2, 0.25) is 5.95 Å². The third kappa shape index (κ3) is 6.98. The molecule has 2 aromatic carbocycles. The molecule has 0 atom stereocenters. The molecule has 2 amide bonds. The van der Waals surface area contributed by atoms with E-state index in [-0.39, 0.29) is 40.5 Å². The number of rotatable bonds is 8. The minimum atomic E-state index is -3.61. The van der Waals surface area contributed by atoms with Crippen LogP contribution >= 0.6 is 0 Å². The fourth-order valence-corrected chi connectivity index (χ4v) is 6.37. The van der Waals surface area contributed by atoms with Crippen LogP contribution in [0.1, 0.15) is 41.6 Å². The normalized spacial score (nSPS) is 19.0. The number of anilines is 5. The highest BCUT2D eigenvalue weighted by Gasteiger charge is 2.48. The lowest BCUT2D eigenvalue weighted by Gasteiger charge is -2.32. The predicted octanol–water partition coefficient (Wildman–Crippen LogP) is 4.73. The first kappa shape index (κ1) is 32.5. The van der Waals surface area contributed by atoms with Crippen molar-refractivity contribution in [3.05, 3.63) is 59.5 Å². The first-order valence-corrected chi connectivity index (χ1v) is 15.8. The van der Waals surface area contributed by atoms with E-state index in [9.17, 15) is 18.4 Å². The van der Waals surface area contributed by atoms with Crippen LogP contribution in [-0.4, -0.2) is 97.5 Å². The Morgan fingerprint density at radius 2 is 1.77 bits per heavy atom. The van der Waals surface area contributed by atoms with Crippen molar-refractivity contribution in [2.45, 2.75) is 44.2 Å². The molecule has 0 unspecified atom stereocenters. The van der Waals surface area contributed by atoms with Gasteiger partial charge in [-0.25, -0.2) is 9.37 Å². The first-order chi connectivity index (χ1) is 22.5. The third-order valence-electron chi connectivity index (χ3n) is 9.13. The largest absolute Gasteiger partial charge is 0.495 e. The Morgan fingerprint density at radius 3 is 2.45 bits per heavy atom. The third-order valence-corrected chi connectivity index (χ3v) is 9.13. The number of fused-ring (bicyclic) bond motifs is 1. The molecule has 2 fully saturated rings. The quantitative estimate of drug-likeness (QED) is 0.358. The van der Waals surface area contributed by atoms with Crippen molar-refractivity contribution >= 4 is 40.6 Å². The van der Waals surface area contributed by atoms with Gasteiger partial charge in [0.15, 0.2) is 5.82 Å². The number of halogens is 3. The lowest BCUT2D eigenvalue weighted by atomic mass is 10.1. The zero-order valence-electron chi connectivity index (χ0n) is 26.7. The van der Waals surface area contributed by atoms with Crippen molar-refractivity contribution in [2.75, 3.05) is 74.4 Å². The average molecular weight is 653 g/mol. The van der Waals surface area contributed by atoms with E-state index in [0.29, 0.717) is 18.5 Å². The smallest absolute Gasteiger partial charge is 0.342 e. The molecule has 0 bridgehead atoms. The summed E-state index contributed by atoms with van der Waals surface area (Å²) in [7, 11) is 4.76. The molecule has 3 heterocycles. The Bertz CT molecular complexity index is 1630. The molecule has 2 N–H and O–H groups in total. The molecular formula is C33H39F3N8O3. The van der Waals surface area contributed by atoms with Crippen LogP contribution in [0.5, 0.6) is 5.75 Å². The van der Waals surface area contributed by atoms with Gasteiger partial charge < -0.3 is 30.1 Å². The van der Waals surface area contributed by atoms with Gasteiger partial charge in [0.05, 0.1) is 31.1 Å². The highest BCUT2D eigenvalue weighted by molar-refractivity contribution is 6.05. The molecule has 11 nitrogen and oxygen atoms in total. The number of benzene rings is 2. The minimum absolute atomic E-state index is 0.00984. The second-order valence-corrected chi connectivity index (χ2v) is 12.4. The molecule has 3 aliphatic rings. The highest BCUT2D eigenvalue weighted by Crippen LogP contribution is 2.40. The van der Waals surface area contributed by atoms with Crippen LogP contribution < -0.4 is 25.2 Å². The number of piperazine rings is 1. The highest BCUT2D eigenvalue weighted by atomic mass is 19.3. The van der Waals surface area contributed by atoms with Crippen molar-refractivity contribution in [1.29, 1.82) is 0 Å². The SMILES string of the molecule is COc1cc(C(=O)Nc2ccc(CN3CCN(C)CC3)cc2)c(F)cc1Nc1ncc2c(n1)N(C1CCCC1)CC(F)(F)C(=O)N2C. The van der Waals surface area contributed by atoms with E-state index in [0.717, 1.165) is 62.1 Å². The maximum absolute atomic E-state index is 15.4. The number of methoxy groups -OCH3 is 1. The molecule has 0 radical (unpaired) electrons. The summed E-state index contributed by atoms with van der Waals surface area (Å²) in [5, 5.41) is 5.65. The Balaban J connectivity index is 1.19. The first-order valence-electron chi connectivity index (χ1n) is 15.8. The summed E-state index contributed by atoms with van der Waals surface area (Å²) in [5.74, 6) is -6.09. The van der Waals surface area contributed by atoms with Gasteiger partial charge in [-0.05, 0) is 43.7 Å². The molecular weight excluding hydrogens is 613 g/mol. The predicted molar refractivity (Wildman–Crippen MR) is 173 cm³/mol. The maximum atomic E-state index is 15.4. The van der Waals surface area contributed by atoms with E-state index in [1.807, 2.05) is 12.1 Å². The van der Waals surface area contributed by atoms with Crippen molar-refractivity contribution in [3.63, 3.8) is 0 Å². The second-order valence-electron chi connectivity index (χ2n) is 12.4. The number of nitrogens with zero attached hydrogens (tertiary/aromatic N) is 6. The van der Waals surface area contributed by atoms with Gasteiger partial charge in [-0.1, -0.05) is 25.0 Å². The van der Waals surface area contributed by atoms with Gasteiger partial charge in [-0.2, -0.15) is 13.8 Å². The summed E-state index contributed by atoms with van der Waals surface area (Å²) < 4.78 is 50.7. The number of carbonyl (C=O) groups excluding carboxylic acids is 2. The number of carbonyl (C=O) groups is 2. The summed E-state index contributed by atoms with van der Waals surface area (Å²) in [5.41, 5.74) is 1.70. The Morgan fingerprint density at radius 1 is 1.06 bits per heavy atom. The molecule has 14 heteroatoms. The molecule has 1 aliphatic carbocycles. The van der Waals surface area contributed by atoms with E-state index in [2.05, 4.69) is 37.4 Å². The number of aromatic nitrogens is 2. The fraction of sp³-hybridized carbons (Fsp3) is 0.455. The average Bonchev–Trinajstić information content (AvgIpc) is 3.58. The van der Waals surface area contributed by atoms with Gasteiger partial charge >= 0.3 is 5.92 Å². The number of alkyl halides is 2. The van der Waals surface area contributed by atoms with Gasteiger partial charge in [0.1, 0.15) is 17.3 Å². The number of ether oxygens (including phenoxy) is 1. The summed E-state index contributed by atoms with van der Waals surface area (Å²) in [6, 6.07) is 9.64. The van der Waals surface area contributed by atoms with Crippen molar-refractivity contribution < 1.29 is 27.5 Å². The van der Waals surface area contributed by atoms with E-state index in [4.69, 9.17) is 4.74 Å². The van der Waals surface area contributed by atoms with Gasteiger partial charge in [-0.15, -0.1) is 0 Å². The lowest BCUT2D eigenvalue weighted by Crippen LogP contribution is -2.48. The standard InChI is InChI=1S/C33H39F3N8O3/c1-41-12-14-43(15-13-41)19-21-8-10-22(11-9-21)38-30(45)24-16-28(47-3)26(17-25(24)34)39-32-37-18-27-29(40-32)44(23-6-4-5-7-23)20-33(35,36)31(46)42(27)2/h8-11,16-18,23H,4-7,12-15,19-20H2,1-3H3,(H,38,45)(H,37,39,40). The van der Waals surface area contributed by atoms with Crippen molar-refractivity contribution in [3.8, 4) is 5.75 Å². The summed E-state index contributed by atoms with van der Waals surface area (Å²) in [6.07, 6.45) is 4.47. The van der Waals surface area contributed by atoms with Crippen LogP contribution in [-0.2, 0) is 11.3 Å². The lowest BCUT2D eigenvalue weighted by molar-refractivity contribution is -0.140. The van der Waals surface area contributed by atoms with Crippen molar-refractivity contribution in [1.82, 2.24) is 19.8 Å². The Kier molecular flexibility index (Phi) is 9.24. The number of nitrogens with one attached hydrogen (secondary N) is 2. The molecule has 2 aliphatic heterocycles. The van der Waals surface area contributed by atoms with Crippen LogP contribution in [0.2, 0.25) is 0 Å². The van der Waals surface area contributed by atoms with Gasteiger partial charge in [0.25, 0.3) is 11.8 Å². The van der Waals surface area contributed by atoms with Crippen LogP contribution in [0.4, 0.5) is 42.0 Å². The van der Waals surface area contributed by atoms with E-state index < -0.39 is 30.1 Å². The maximum Gasteiger partial charge on any atom is 0.342 e. The van der Waals surface area contributed by atoms with Gasteiger partial charge in [-0.3, -0.25) is 14.5 Å². The van der Waals surface area contributed by atoms with Crippen LogP contribution in [0, 0.1) is 5.82 Å². The Labute approximate surface area is 271 Å².